The summed E-state index contributed by atoms with van der Waals surface area (Å²) in [6, 6.07) is 18.6. The van der Waals surface area contributed by atoms with Crippen molar-refractivity contribution in [2.45, 2.75) is 19.8 Å². The van der Waals surface area contributed by atoms with Crippen LogP contribution in [0.3, 0.4) is 0 Å². The van der Waals surface area contributed by atoms with Crippen molar-refractivity contribution < 1.29 is 4.74 Å². The highest BCUT2D eigenvalue weighted by Crippen LogP contribution is 2.19. The summed E-state index contributed by atoms with van der Waals surface area (Å²) < 4.78 is 10.5. The number of hydrogen-bond acceptors (Lipinski definition) is 6. The van der Waals surface area contributed by atoms with E-state index in [9.17, 15) is 0 Å². The fourth-order valence-corrected chi connectivity index (χ4v) is 4.92. The van der Waals surface area contributed by atoms with Gasteiger partial charge in [0.25, 0.3) is 0 Å². The first-order valence-corrected chi connectivity index (χ1v) is 12.7. The maximum absolute atomic E-state index is 6.02. The Balaban J connectivity index is 1.27. The molecule has 2 saturated heterocycles. The second-order valence-electron chi connectivity index (χ2n) is 8.92. The van der Waals surface area contributed by atoms with Crippen LogP contribution in [0.5, 0.6) is 0 Å². The molecule has 34 heavy (non-hydrogen) atoms. The van der Waals surface area contributed by atoms with E-state index in [0.717, 1.165) is 81.3 Å². The summed E-state index contributed by atoms with van der Waals surface area (Å²) in [4.78, 5) is 7.23. The second kappa shape index (κ2) is 11.0. The van der Waals surface area contributed by atoms with Crippen LogP contribution in [0.25, 0.3) is 0 Å². The molecular weight excluding hydrogens is 468 g/mol. The highest BCUT2D eigenvalue weighted by Gasteiger charge is 2.22. The van der Waals surface area contributed by atoms with Crippen molar-refractivity contribution in [2.75, 3.05) is 57.4 Å². The monoisotopic (exact) mass is 498 g/mol. The molecule has 2 aromatic carbocycles. The lowest BCUT2D eigenvalue weighted by Gasteiger charge is -2.34. The number of aromatic nitrogens is 3. The Kier molecular flexibility index (Phi) is 7.61. The SMILES string of the molecule is S=c1n(CN2CCN(Cc3ccc(Cl)cc3)CC2)nc(N2CCOCC2)n1Cc1ccccc1. The van der Waals surface area contributed by atoms with Gasteiger partial charge in [0.1, 0.15) is 0 Å². The van der Waals surface area contributed by atoms with Crippen molar-refractivity contribution in [3.8, 4) is 0 Å². The first-order chi connectivity index (χ1) is 16.7. The number of benzene rings is 2. The molecule has 5 rings (SSSR count). The van der Waals surface area contributed by atoms with E-state index in [1.807, 2.05) is 22.9 Å². The van der Waals surface area contributed by atoms with Gasteiger partial charge in [-0.1, -0.05) is 54.1 Å². The Morgan fingerprint density at radius 1 is 0.794 bits per heavy atom. The first-order valence-electron chi connectivity index (χ1n) is 11.9. The number of morpholine rings is 1. The molecule has 0 bridgehead atoms. The normalized spacial score (nSPS) is 17.9. The predicted molar refractivity (Wildman–Crippen MR) is 138 cm³/mol. The van der Waals surface area contributed by atoms with E-state index < -0.39 is 0 Å². The van der Waals surface area contributed by atoms with Crippen molar-refractivity contribution in [1.29, 1.82) is 0 Å². The van der Waals surface area contributed by atoms with Crippen LogP contribution < -0.4 is 4.90 Å². The lowest BCUT2D eigenvalue weighted by atomic mass is 10.2. The Bertz CT molecular complexity index is 1120. The van der Waals surface area contributed by atoms with E-state index in [-0.39, 0.29) is 0 Å². The molecule has 0 saturated carbocycles. The zero-order valence-corrected chi connectivity index (χ0v) is 20.9. The zero-order chi connectivity index (χ0) is 23.3. The largest absolute Gasteiger partial charge is 0.378 e. The summed E-state index contributed by atoms with van der Waals surface area (Å²) in [6.45, 7) is 9.55. The van der Waals surface area contributed by atoms with Gasteiger partial charge in [-0.05, 0) is 35.5 Å². The zero-order valence-electron chi connectivity index (χ0n) is 19.4. The van der Waals surface area contributed by atoms with Gasteiger partial charge in [0.05, 0.1) is 26.4 Å². The summed E-state index contributed by atoms with van der Waals surface area (Å²) in [5.41, 5.74) is 2.53. The molecular formula is C25H31ClN6OS. The van der Waals surface area contributed by atoms with E-state index in [0.29, 0.717) is 6.67 Å². The molecule has 0 unspecified atom stereocenters. The molecule has 9 heteroatoms. The van der Waals surface area contributed by atoms with Gasteiger partial charge in [-0.3, -0.25) is 14.4 Å². The summed E-state index contributed by atoms with van der Waals surface area (Å²) in [5, 5.41) is 5.78. The third-order valence-electron chi connectivity index (χ3n) is 6.50. The fraction of sp³-hybridized carbons (Fsp3) is 0.440. The van der Waals surface area contributed by atoms with E-state index in [1.54, 1.807) is 0 Å². The van der Waals surface area contributed by atoms with Crippen molar-refractivity contribution in [3.05, 3.63) is 75.5 Å². The maximum atomic E-state index is 6.02. The summed E-state index contributed by atoms with van der Waals surface area (Å²) in [5.74, 6) is 0.943. The minimum atomic E-state index is 0.715. The van der Waals surface area contributed by atoms with E-state index in [2.05, 4.69) is 55.7 Å². The summed E-state index contributed by atoms with van der Waals surface area (Å²) >= 11 is 12.0. The third kappa shape index (κ3) is 5.70. The molecule has 2 fully saturated rings. The number of anilines is 1. The van der Waals surface area contributed by atoms with Crippen LogP contribution in [-0.4, -0.2) is 76.6 Å². The average molecular weight is 499 g/mol. The standard InChI is InChI=1S/C25H31ClN6OS/c26-23-8-6-22(7-9-23)18-28-10-12-29(13-11-28)20-32-25(34)31(19-21-4-2-1-3-5-21)24(27-32)30-14-16-33-17-15-30/h1-9H,10-20H2. The molecule has 3 aromatic rings. The summed E-state index contributed by atoms with van der Waals surface area (Å²) in [6.07, 6.45) is 0. The number of nitrogens with zero attached hydrogens (tertiary/aromatic N) is 6. The topological polar surface area (TPSA) is 41.7 Å². The lowest BCUT2D eigenvalue weighted by molar-refractivity contribution is 0.0979. The van der Waals surface area contributed by atoms with Crippen LogP contribution >= 0.6 is 23.8 Å². The molecule has 1 aromatic heterocycles. The highest BCUT2D eigenvalue weighted by atomic mass is 35.5. The van der Waals surface area contributed by atoms with Crippen LogP contribution in [-0.2, 0) is 24.5 Å². The quantitative estimate of drug-likeness (QED) is 0.462. The van der Waals surface area contributed by atoms with Crippen LogP contribution in [0.1, 0.15) is 11.1 Å². The number of hydrogen-bond donors (Lipinski definition) is 0. The van der Waals surface area contributed by atoms with Crippen LogP contribution in [0.4, 0.5) is 5.95 Å². The molecule has 2 aliphatic rings. The molecule has 0 radical (unpaired) electrons. The number of ether oxygens (including phenoxy) is 1. The maximum Gasteiger partial charge on any atom is 0.226 e. The number of piperazine rings is 1. The highest BCUT2D eigenvalue weighted by molar-refractivity contribution is 7.71. The van der Waals surface area contributed by atoms with Crippen molar-refractivity contribution in [3.63, 3.8) is 0 Å². The molecule has 3 heterocycles. The van der Waals surface area contributed by atoms with E-state index >= 15 is 0 Å². The van der Waals surface area contributed by atoms with Gasteiger partial charge in [0, 0.05) is 50.8 Å². The fourth-order valence-electron chi connectivity index (χ4n) is 4.55. The first kappa shape index (κ1) is 23.5. The van der Waals surface area contributed by atoms with Gasteiger partial charge in [0.2, 0.25) is 10.7 Å². The number of rotatable bonds is 7. The van der Waals surface area contributed by atoms with Crippen molar-refractivity contribution in [1.82, 2.24) is 24.1 Å². The van der Waals surface area contributed by atoms with Crippen molar-refractivity contribution >= 4 is 29.8 Å². The third-order valence-corrected chi connectivity index (χ3v) is 7.18. The van der Waals surface area contributed by atoms with Gasteiger partial charge in [-0.2, -0.15) is 0 Å². The molecule has 2 aliphatic heterocycles. The molecule has 7 nitrogen and oxygen atoms in total. The van der Waals surface area contributed by atoms with Crippen LogP contribution in [0.2, 0.25) is 5.02 Å². The average Bonchev–Trinajstić information content (AvgIpc) is 3.18. The molecule has 0 amide bonds. The number of halogens is 1. The van der Waals surface area contributed by atoms with Crippen molar-refractivity contribution in [2.24, 2.45) is 0 Å². The van der Waals surface area contributed by atoms with Gasteiger partial charge in [0.15, 0.2) is 0 Å². The lowest BCUT2D eigenvalue weighted by Crippen LogP contribution is -2.46. The smallest absolute Gasteiger partial charge is 0.226 e. The second-order valence-corrected chi connectivity index (χ2v) is 9.72. The predicted octanol–water partition coefficient (Wildman–Crippen LogP) is 3.73. The molecule has 0 atom stereocenters. The Labute approximate surface area is 211 Å². The van der Waals surface area contributed by atoms with Gasteiger partial charge < -0.3 is 9.64 Å². The molecule has 0 N–H and O–H groups in total. The van der Waals surface area contributed by atoms with E-state index in [4.69, 9.17) is 33.7 Å². The molecule has 180 valence electrons. The minimum absolute atomic E-state index is 0.715. The molecule has 0 aliphatic carbocycles. The van der Waals surface area contributed by atoms with Gasteiger partial charge in [-0.15, -0.1) is 5.10 Å². The Morgan fingerprint density at radius 2 is 1.44 bits per heavy atom. The van der Waals surface area contributed by atoms with Gasteiger partial charge in [-0.25, -0.2) is 4.68 Å². The minimum Gasteiger partial charge on any atom is -0.378 e. The Hall–Kier alpha value is -2.23. The van der Waals surface area contributed by atoms with E-state index in [1.165, 1.54) is 11.1 Å². The molecule has 0 spiro atoms. The summed E-state index contributed by atoms with van der Waals surface area (Å²) in [7, 11) is 0. The van der Waals surface area contributed by atoms with Crippen LogP contribution in [0, 0.1) is 4.77 Å². The van der Waals surface area contributed by atoms with Crippen LogP contribution in [0.15, 0.2) is 54.6 Å². The Morgan fingerprint density at radius 3 is 2.15 bits per heavy atom. The van der Waals surface area contributed by atoms with Gasteiger partial charge >= 0.3 is 0 Å².